The molecule has 1 rings (SSSR count). The smallest absolute Gasteiger partial charge is 0.305 e. The molecule has 0 aliphatic rings. The second-order valence-corrected chi connectivity index (χ2v) is 4.95. The number of nitrogens with one attached hydrogen (secondary N) is 1. The molecule has 1 atom stereocenters. The van der Waals surface area contributed by atoms with E-state index in [0.717, 1.165) is 18.4 Å². The largest absolute Gasteiger partial charge is 0.466 e. The fourth-order valence-corrected chi connectivity index (χ4v) is 2.22. The number of hydrogen-bond donors (Lipinski definition) is 1. The molecule has 0 aromatic heterocycles. The van der Waals surface area contributed by atoms with E-state index in [0.29, 0.717) is 26.0 Å². The Morgan fingerprint density at radius 2 is 1.90 bits per heavy atom. The molecule has 0 radical (unpaired) electrons. The summed E-state index contributed by atoms with van der Waals surface area (Å²) in [6, 6.07) is 9.82. The third-order valence-corrected chi connectivity index (χ3v) is 3.26. The van der Waals surface area contributed by atoms with E-state index in [2.05, 4.69) is 12.2 Å². The summed E-state index contributed by atoms with van der Waals surface area (Å²) in [6.07, 6.45) is 2.74. The highest BCUT2D eigenvalue weighted by Crippen LogP contribution is 2.21. The Kier molecular flexibility index (Phi) is 8.17. The van der Waals surface area contributed by atoms with E-state index >= 15 is 0 Å². The molecule has 0 spiro atoms. The molecule has 4 nitrogen and oxygen atoms in total. The molecule has 1 amide bonds. The lowest BCUT2D eigenvalue weighted by molar-refractivity contribution is -0.143. The van der Waals surface area contributed by atoms with Gasteiger partial charge >= 0.3 is 5.97 Å². The normalized spacial score (nSPS) is 11.7. The first-order valence-electron chi connectivity index (χ1n) is 7.67. The fraction of sp³-hybridized carbons (Fsp3) is 0.529. The van der Waals surface area contributed by atoms with Crippen molar-refractivity contribution in [3.8, 4) is 0 Å². The van der Waals surface area contributed by atoms with E-state index < -0.39 is 0 Å². The predicted molar refractivity (Wildman–Crippen MR) is 83.0 cm³/mol. The maximum Gasteiger partial charge on any atom is 0.305 e. The molecular formula is C17H25NO3. The zero-order valence-electron chi connectivity index (χ0n) is 12.9. The minimum Gasteiger partial charge on any atom is -0.466 e. The van der Waals surface area contributed by atoms with Crippen LogP contribution in [0.3, 0.4) is 0 Å². The van der Waals surface area contributed by atoms with Crippen LogP contribution in [-0.4, -0.2) is 25.0 Å². The van der Waals surface area contributed by atoms with Gasteiger partial charge in [-0.05, 0) is 25.3 Å². The molecule has 0 aliphatic carbocycles. The highest BCUT2D eigenvalue weighted by molar-refractivity contribution is 5.83. The lowest BCUT2D eigenvalue weighted by Gasteiger charge is -2.16. The highest BCUT2D eigenvalue weighted by Gasteiger charge is 2.18. The monoisotopic (exact) mass is 291 g/mol. The van der Waals surface area contributed by atoms with Crippen LogP contribution in [0.25, 0.3) is 0 Å². The number of carbonyl (C=O) groups is 2. The molecule has 21 heavy (non-hydrogen) atoms. The van der Waals surface area contributed by atoms with Gasteiger partial charge in [-0.15, -0.1) is 0 Å². The third-order valence-electron chi connectivity index (χ3n) is 3.26. The second kappa shape index (κ2) is 9.97. The Labute approximate surface area is 126 Å². The molecule has 116 valence electrons. The quantitative estimate of drug-likeness (QED) is 0.562. The third kappa shape index (κ3) is 6.43. The Bertz CT molecular complexity index is 431. The molecule has 0 saturated heterocycles. The van der Waals surface area contributed by atoms with Gasteiger partial charge in [0.25, 0.3) is 0 Å². The van der Waals surface area contributed by atoms with E-state index in [4.69, 9.17) is 4.74 Å². The zero-order valence-corrected chi connectivity index (χ0v) is 12.9. The van der Waals surface area contributed by atoms with Crippen molar-refractivity contribution < 1.29 is 14.3 Å². The molecule has 1 aromatic rings. The first-order valence-corrected chi connectivity index (χ1v) is 7.67. The fourth-order valence-electron chi connectivity index (χ4n) is 2.22. The molecule has 0 fully saturated rings. The Hall–Kier alpha value is -1.84. The Balaban J connectivity index is 2.42. The summed E-state index contributed by atoms with van der Waals surface area (Å²) in [5, 5.41) is 2.92. The van der Waals surface area contributed by atoms with Crippen molar-refractivity contribution in [1.29, 1.82) is 0 Å². The van der Waals surface area contributed by atoms with Crippen LogP contribution >= 0.6 is 0 Å². The maximum atomic E-state index is 12.3. The zero-order chi connectivity index (χ0) is 15.5. The van der Waals surface area contributed by atoms with E-state index in [1.165, 1.54) is 0 Å². The van der Waals surface area contributed by atoms with Gasteiger partial charge in [-0.25, -0.2) is 0 Å². The van der Waals surface area contributed by atoms with Gasteiger partial charge in [0.1, 0.15) is 0 Å². The first-order chi connectivity index (χ1) is 10.2. The van der Waals surface area contributed by atoms with Crippen LogP contribution in [0.1, 0.15) is 51.0 Å². The SMILES string of the molecule is CCCC(C(=O)NCCCC(=O)OCC)c1ccccc1. The van der Waals surface area contributed by atoms with Gasteiger partial charge in [-0.2, -0.15) is 0 Å². The molecule has 0 bridgehead atoms. The summed E-state index contributed by atoms with van der Waals surface area (Å²) >= 11 is 0. The van der Waals surface area contributed by atoms with Crippen LogP contribution in [0.4, 0.5) is 0 Å². The van der Waals surface area contributed by atoms with Crippen LogP contribution in [0.2, 0.25) is 0 Å². The number of benzene rings is 1. The van der Waals surface area contributed by atoms with Crippen LogP contribution in [0, 0.1) is 0 Å². The van der Waals surface area contributed by atoms with Crippen molar-refractivity contribution in [2.45, 2.75) is 45.4 Å². The number of hydrogen-bond acceptors (Lipinski definition) is 3. The molecule has 0 aliphatic heterocycles. The van der Waals surface area contributed by atoms with Gasteiger partial charge in [-0.3, -0.25) is 9.59 Å². The standard InChI is InChI=1S/C17H25NO3/c1-3-9-15(14-10-6-5-7-11-14)17(20)18-13-8-12-16(19)21-4-2/h5-7,10-11,15H,3-4,8-9,12-13H2,1-2H3,(H,18,20). The van der Waals surface area contributed by atoms with Crippen molar-refractivity contribution in [3.63, 3.8) is 0 Å². The summed E-state index contributed by atoms with van der Waals surface area (Å²) in [5.41, 5.74) is 1.04. The average molecular weight is 291 g/mol. The molecule has 0 heterocycles. The topological polar surface area (TPSA) is 55.4 Å². The minimum atomic E-state index is -0.208. The molecule has 1 aromatic carbocycles. The highest BCUT2D eigenvalue weighted by atomic mass is 16.5. The predicted octanol–water partition coefficient (Wildman–Crippen LogP) is 3.03. The van der Waals surface area contributed by atoms with Crippen molar-refractivity contribution in [2.75, 3.05) is 13.2 Å². The van der Waals surface area contributed by atoms with Crippen LogP contribution in [-0.2, 0) is 14.3 Å². The van der Waals surface area contributed by atoms with Crippen molar-refractivity contribution >= 4 is 11.9 Å². The number of carbonyl (C=O) groups excluding carboxylic acids is 2. The number of ether oxygens (including phenoxy) is 1. The molecule has 1 unspecified atom stereocenters. The first kappa shape index (κ1) is 17.2. The molecule has 4 heteroatoms. The van der Waals surface area contributed by atoms with E-state index in [1.807, 2.05) is 30.3 Å². The van der Waals surface area contributed by atoms with Gasteiger partial charge in [0.15, 0.2) is 0 Å². The lowest BCUT2D eigenvalue weighted by Crippen LogP contribution is -2.30. The van der Waals surface area contributed by atoms with Gasteiger partial charge in [-0.1, -0.05) is 43.7 Å². The van der Waals surface area contributed by atoms with Crippen LogP contribution in [0.15, 0.2) is 30.3 Å². The van der Waals surface area contributed by atoms with Gasteiger partial charge in [0.05, 0.1) is 12.5 Å². The summed E-state index contributed by atoms with van der Waals surface area (Å²) in [4.78, 5) is 23.5. The number of rotatable bonds is 9. The Morgan fingerprint density at radius 3 is 2.52 bits per heavy atom. The number of esters is 1. The van der Waals surface area contributed by atoms with E-state index in [-0.39, 0.29) is 17.8 Å². The van der Waals surface area contributed by atoms with Gasteiger partial charge in [0, 0.05) is 13.0 Å². The van der Waals surface area contributed by atoms with Crippen LogP contribution in [0.5, 0.6) is 0 Å². The van der Waals surface area contributed by atoms with Crippen molar-refractivity contribution in [2.24, 2.45) is 0 Å². The minimum absolute atomic E-state index is 0.0342. The van der Waals surface area contributed by atoms with Gasteiger partial charge < -0.3 is 10.1 Å². The maximum absolute atomic E-state index is 12.3. The van der Waals surface area contributed by atoms with Crippen molar-refractivity contribution in [3.05, 3.63) is 35.9 Å². The van der Waals surface area contributed by atoms with E-state index in [9.17, 15) is 9.59 Å². The average Bonchev–Trinajstić information content (AvgIpc) is 2.50. The molecular weight excluding hydrogens is 266 g/mol. The van der Waals surface area contributed by atoms with E-state index in [1.54, 1.807) is 6.92 Å². The summed E-state index contributed by atoms with van der Waals surface area (Å²) < 4.78 is 4.85. The second-order valence-electron chi connectivity index (χ2n) is 4.95. The summed E-state index contributed by atoms with van der Waals surface area (Å²) in [7, 11) is 0. The Morgan fingerprint density at radius 1 is 1.19 bits per heavy atom. The summed E-state index contributed by atoms with van der Waals surface area (Å²) in [6.45, 7) is 4.77. The number of amides is 1. The van der Waals surface area contributed by atoms with Crippen molar-refractivity contribution in [1.82, 2.24) is 5.32 Å². The van der Waals surface area contributed by atoms with Crippen LogP contribution < -0.4 is 5.32 Å². The van der Waals surface area contributed by atoms with Gasteiger partial charge in [0.2, 0.25) is 5.91 Å². The molecule has 0 saturated carbocycles. The lowest BCUT2D eigenvalue weighted by atomic mass is 9.93. The molecule has 1 N–H and O–H groups in total. The summed E-state index contributed by atoms with van der Waals surface area (Å²) in [5.74, 6) is -0.286.